The molecule has 0 aliphatic carbocycles. The number of aromatic nitrogens is 2. The highest BCUT2D eigenvalue weighted by atomic mass is 32.2. The van der Waals surface area contributed by atoms with E-state index in [0.29, 0.717) is 5.56 Å². The predicted octanol–water partition coefficient (Wildman–Crippen LogP) is 3.96. The molecule has 240 valence electrons. The van der Waals surface area contributed by atoms with Crippen LogP contribution in [0.3, 0.4) is 0 Å². The molecule has 0 radical (unpaired) electrons. The maximum absolute atomic E-state index is 13.2. The van der Waals surface area contributed by atoms with Gasteiger partial charge < -0.3 is 29.4 Å². The molecule has 1 aromatic heterocycles. The normalized spacial score (nSPS) is 18.1. The number of rotatable bonds is 12. The Morgan fingerprint density at radius 3 is 2.36 bits per heavy atom. The van der Waals surface area contributed by atoms with Crippen LogP contribution in [-0.4, -0.2) is 73.3 Å². The van der Waals surface area contributed by atoms with E-state index < -0.39 is 65.5 Å². The molecule has 0 unspecified atom stereocenters. The Morgan fingerprint density at radius 1 is 1.14 bits per heavy atom. The van der Waals surface area contributed by atoms with E-state index in [4.69, 9.17) is 4.74 Å². The molecule has 0 bridgehead atoms. The maximum Gasteiger partial charge on any atom is 0.416 e. The second kappa shape index (κ2) is 13.5. The molecule has 2 N–H and O–H groups in total. The van der Waals surface area contributed by atoms with Gasteiger partial charge in [-0.1, -0.05) is 19.1 Å². The van der Waals surface area contributed by atoms with Gasteiger partial charge in [0.15, 0.2) is 9.84 Å². The van der Waals surface area contributed by atoms with Crippen molar-refractivity contribution in [3.63, 3.8) is 0 Å². The monoisotopic (exact) mass is 646 g/mol. The molecule has 1 saturated heterocycles. The molecule has 2 heterocycles. The lowest BCUT2D eigenvalue weighted by atomic mass is 10.1. The molecule has 1 aliphatic rings. The summed E-state index contributed by atoms with van der Waals surface area (Å²) in [4.78, 5) is 19.2. The molecule has 44 heavy (non-hydrogen) atoms. The number of sulfone groups is 1. The molecular weight excluding hydrogens is 615 g/mol. The van der Waals surface area contributed by atoms with Crippen molar-refractivity contribution in [3.05, 3.63) is 71.5 Å². The number of nitrogens with zero attached hydrogens (tertiary/aromatic N) is 3. The molecule has 10 nitrogen and oxygen atoms in total. The number of ether oxygens (including phenoxy) is 2. The van der Waals surface area contributed by atoms with Gasteiger partial charge in [-0.2, -0.15) is 22.0 Å². The first-order chi connectivity index (χ1) is 20.7. The number of aliphatic hydroxyl groups excluding tert-OH is 1. The average Bonchev–Trinajstić information content (AvgIpc) is 3.56. The van der Waals surface area contributed by atoms with Crippen LogP contribution in [0, 0.1) is 0 Å². The lowest BCUT2D eigenvalue weighted by molar-refractivity contribution is -0.137. The first kappa shape index (κ1) is 33.1. The van der Waals surface area contributed by atoms with Gasteiger partial charge in [0, 0.05) is 13.5 Å². The van der Waals surface area contributed by atoms with E-state index in [1.54, 1.807) is 4.90 Å². The Morgan fingerprint density at radius 2 is 1.80 bits per heavy atom. The van der Waals surface area contributed by atoms with Crippen molar-refractivity contribution >= 4 is 21.7 Å². The highest BCUT2D eigenvalue weighted by Gasteiger charge is 2.37. The Kier molecular flexibility index (Phi) is 10.2. The van der Waals surface area contributed by atoms with Crippen molar-refractivity contribution in [1.29, 1.82) is 0 Å². The Hall–Kier alpha value is -3.76. The van der Waals surface area contributed by atoms with E-state index in [9.17, 15) is 40.3 Å². The summed E-state index contributed by atoms with van der Waals surface area (Å²) in [5.74, 6) is -0.309. The van der Waals surface area contributed by atoms with Crippen LogP contribution in [0.2, 0.25) is 0 Å². The molecule has 0 spiro atoms. The standard InChI is InChI=1S/C28H31F5N4O6S/c1-3-44(40,41)22-10-4-17(5-11-22)23(15-38)35-25(39)24-13-34-27(36(24)2)37-14-21(12-19(37)16-42-26(29)30)43-20-8-6-18(7-9-20)28(31,32)33/h4-11,13,19,21,23,26,38H,3,12,14-16H2,1-2H3,(H,35,39)/t19-,21-,23-/m0/s1. The molecule has 3 aromatic rings. The fourth-order valence-corrected chi connectivity index (χ4v) is 5.76. The van der Waals surface area contributed by atoms with Crippen molar-refractivity contribution in [2.45, 2.75) is 49.2 Å². The minimum atomic E-state index is -4.51. The number of hydrogen-bond donors (Lipinski definition) is 2. The SMILES string of the molecule is CCS(=O)(=O)c1ccc([C@H](CO)NC(=O)c2cnc(N3C[C@@H](Oc4ccc(C(F)(F)F)cc4)C[C@H]3COC(F)F)n2C)cc1. The van der Waals surface area contributed by atoms with Crippen LogP contribution in [-0.2, 0) is 27.8 Å². The number of halogens is 5. The molecular formula is C28H31F5N4O6S. The van der Waals surface area contributed by atoms with Crippen LogP contribution >= 0.6 is 0 Å². The maximum atomic E-state index is 13.2. The largest absolute Gasteiger partial charge is 0.489 e. The molecule has 16 heteroatoms. The van der Waals surface area contributed by atoms with Crippen LogP contribution in [0.1, 0.15) is 41.0 Å². The number of carbonyl (C=O) groups is 1. The third-order valence-electron chi connectivity index (χ3n) is 7.24. The van der Waals surface area contributed by atoms with Crippen molar-refractivity contribution in [3.8, 4) is 5.75 Å². The van der Waals surface area contributed by atoms with Gasteiger partial charge in [0.05, 0.1) is 54.3 Å². The number of amides is 1. The lowest BCUT2D eigenvalue weighted by Crippen LogP contribution is -2.36. The summed E-state index contributed by atoms with van der Waals surface area (Å²) in [6, 6.07) is 8.34. The van der Waals surface area contributed by atoms with Crippen LogP contribution < -0.4 is 15.0 Å². The first-order valence-corrected chi connectivity index (χ1v) is 15.1. The van der Waals surface area contributed by atoms with E-state index in [0.717, 1.165) is 12.1 Å². The summed E-state index contributed by atoms with van der Waals surface area (Å²) in [5.41, 5.74) is -0.306. The minimum Gasteiger partial charge on any atom is -0.489 e. The summed E-state index contributed by atoms with van der Waals surface area (Å²) in [5, 5.41) is 12.6. The fourth-order valence-electron chi connectivity index (χ4n) is 4.88. The number of anilines is 1. The number of hydrogen-bond acceptors (Lipinski definition) is 8. The van der Waals surface area contributed by atoms with Gasteiger partial charge >= 0.3 is 12.8 Å². The summed E-state index contributed by atoms with van der Waals surface area (Å²) >= 11 is 0. The highest BCUT2D eigenvalue weighted by molar-refractivity contribution is 7.91. The van der Waals surface area contributed by atoms with Crippen molar-refractivity contribution in [2.75, 3.05) is 30.4 Å². The Bertz CT molecular complexity index is 1530. The van der Waals surface area contributed by atoms with E-state index in [1.165, 1.54) is 61.1 Å². The fraction of sp³-hybridized carbons (Fsp3) is 0.429. The van der Waals surface area contributed by atoms with Crippen molar-refractivity contribution < 1.29 is 49.7 Å². The van der Waals surface area contributed by atoms with Crippen LogP contribution in [0.15, 0.2) is 59.6 Å². The summed E-state index contributed by atoms with van der Waals surface area (Å²) in [6.45, 7) is -2.31. The second-order valence-corrected chi connectivity index (χ2v) is 12.4. The summed E-state index contributed by atoms with van der Waals surface area (Å²) in [7, 11) is -1.90. The summed E-state index contributed by atoms with van der Waals surface area (Å²) in [6.07, 6.45) is -3.68. The van der Waals surface area contributed by atoms with Gasteiger partial charge in [0.25, 0.3) is 5.91 Å². The Balaban J connectivity index is 1.50. The highest BCUT2D eigenvalue weighted by Crippen LogP contribution is 2.32. The van der Waals surface area contributed by atoms with E-state index in [-0.39, 0.29) is 41.0 Å². The quantitative estimate of drug-likeness (QED) is 0.284. The van der Waals surface area contributed by atoms with Gasteiger partial charge in [-0.05, 0) is 42.0 Å². The first-order valence-electron chi connectivity index (χ1n) is 13.5. The van der Waals surface area contributed by atoms with Gasteiger partial charge in [-0.25, -0.2) is 13.4 Å². The number of aliphatic hydroxyl groups is 1. The zero-order chi connectivity index (χ0) is 32.2. The van der Waals surface area contributed by atoms with Crippen molar-refractivity contribution in [1.82, 2.24) is 14.9 Å². The predicted molar refractivity (Wildman–Crippen MR) is 148 cm³/mol. The molecule has 2 aromatic carbocycles. The van der Waals surface area contributed by atoms with E-state index in [2.05, 4.69) is 15.0 Å². The van der Waals surface area contributed by atoms with E-state index >= 15 is 0 Å². The number of imidazole rings is 1. The Labute approximate surface area is 250 Å². The lowest BCUT2D eigenvalue weighted by Gasteiger charge is -2.25. The molecule has 1 aliphatic heterocycles. The average molecular weight is 647 g/mol. The van der Waals surface area contributed by atoms with Gasteiger partial charge in [-0.3, -0.25) is 4.79 Å². The molecule has 1 fully saturated rings. The van der Waals surface area contributed by atoms with Gasteiger partial charge in [0.1, 0.15) is 17.5 Å². The van der Waals surface area contributed by atoms with Crippen LogP contribution in [0.25, 0.3) is 0 Å². The van der Waals surface area contributed by atoms with Gasteiger partial charge in [-0.15, -0.1) is 0 Å². The molecule has 4 rings (SSSR count). The summed E-state index contributed by atoms with van der Waals surface area (Å²) < 4.78 is 101. The van der Waals surface area contributed by atoms with E-state index in [1.807, 2.05) is 0 Å². The second-order valence-electron chi connectivity index (χ2n) is 10.1. The molecule has 1 amide bonds. The zero-order valence-electron chi connectivity index (χ0n) is 23.7. The number of alkyl halides is 5. The van der Waals surface area contributed by atoms with Gasteiger partial charge in [0.2, 0.25) is 5.95 Å². The number of carbonyl (C=O) groups excluding carboxylic acids is 1. The topological polar surface area (TPSA) is 123 Å². The zero-order valence-corrected chi connectivity index (χ0v) is 24.5. The molecule has 0 saturated carbocycles. The third kappa shape index (κ3) is 7.65. The van der Waals surface area contributed by atoms with Crippen molar-refractivity contribution in [2.24, 2.45) is 7.05 Å². The van der Waals surface area contributed by atoms with Crippen LogP contribution in [0.4, 0.5) is 27.9 Å². The van der Waals surface area contributed by atoms with Crippen LogP contribution in [0.5, 0.6) is 5.75 Å². The third-order valence-corrected chi connectivity index (χ3v) is 8.99. The number of nitrogens with one attached hydrogen (secondary N) is 1. The number of benzene rings is 2. The minimum absolute atomic E-state index is 0.0734. The smallest absolute Gasteiger partial charge is 0.416 e. The molecule has 3 atom stereocenters.